The van der Waals surface area contributed by atoms with Crippen molar-refractivity contribution < 1.29 is 9.53 Å². The van der Waals surface area contributed by atoms with E-state index in [1.807, 2.05) is 0 Å². The van der Waals surface area contributed by atoms with E-state index in [0.717, 1.165) is 19.4 Å². The van der Waals surface area contributed by atoms with Crippen molar-refractivity contribution in [3.05, 3.63) is 0 Å². The zero-order valence-corrected chi connectivity index (χ0v) is 10.5. The SMILES string of the molecule is CC(C)C(C)CNC(=O)[C@@H]1CC[C@H](CN)O1. The topological polar surface area (TPSA) is 64.4 Å². The summed E-state index contributed by atoms with van der Waals surface area (Å²) in [7, 11) is 0. The molecule has 1 fully saturated rings. The average Bonchev–Trinajstić information content (AvgIpc) is 2.73. The molecule has 1 aliphatic rings. The van der Waals surface area contributed by atoms with Crippen LogP contribution < -0.4 is 11.1 Å². The molecule has 3 atom stereocenters. The van der Waals surface area contributed by atoms with Crippen LogP contribution in [0.25, 0.3) is 0 Å². The van der Waals surface area contributed by atoms with Crippen molar-refractivity contribution in [2.24, 2.45) is 17.6 Å². The zero-order chi connectivity index (χ0) is 12.1. The molecule has 1 rings (SSSR count). The minimum Gasteiger partial charge on any atom is -0.364 e. The first-order valence-electron chi connectivity index (χ1n) is 6.17. The number of amides is 1. The number of carbonyl (C=O) groups is 1. The number of ether oxygens (including phenoxy) is 1. The molecule has 94 valence electrons. The lowest BCUT2D eigenvalue weighted by molar-refractivity contribution is -0.132. The number of rotatable bonds is 5. The number of hydrogen-bond donors (Lipinski definition) is 2. The highest BCUT2D eigenvalue weighted by Crippen LogP contribution is 2.19. The Kier molecular flexibility index (Phi) is 5.22. The van der Waals surface area contributed by atoms with E-state index in [1.54, 1.807) is 0 Å². The van der Waals surface area contributed by atoms with Crippen LogP contribution in [-0.2, 0) is 9.53 Å². The van der Waals surface area contributed by atoms with Crippen LogP contribution in [0.5, 0.6) is 0 Å². The maximum Gasteiger partial charge on any atom is 0.249 e. The Morgan fingerprint density at radius 3 is 2.62 bits per heavy atom. The maximum atomic E-state index is 11.8. The fraction of sp³-hybridized carbons (Fsp3) is 0.917. The van der Waals surface area contributed by atoms with Crippen molar-refractivity contribution in [1.82, 2.24) is 5.32 Å². The van der Waals surface area contributed by atoms with E-state index in [1.165, 1.54) is 0 Å². The lowest BCUT2D eigenvalue weighted by Gasteiger charge is -2.18. The van der Waals surface area contributed by atoms with Crippen LogP contribution >= 0.6 is 0 Å². The highest BCUT2D eigenvalue weighted by molar-refractivity contribution is 5.81. The fourth-order valence-corrected chi connectivity index (χ4v) is 1.68. The smallest absolute Gasteiger partial charge is 0.249 e. The largest absolute Gasteiger partial charge is 0.364 e. The van der Waals surface area contributed by atoms with Gasteiger partial charge in [-0.1, -0.05) is 20.8 Å². The average molecular weight is 228 g/mol. The van der Waals surface area contributed by atoms with Crippen molar-refractivity contribution in [1.29, 1.82) is 0 Å². The molecular formula is C12H24N2O2. The summed E-state index contributed by atoms with van der Waals surface area (Å²) < 4.78 is 5.53. The highest BCUT2D eigenvalue weighted by Gasteiger charge is 2.29. The van der Waals surface area contributed by atoms with Gasteiger partial charge in [-0.2, -0.15) is 0 Å². The van der Waals surface area contributed by atoms with Gasteiger partial charge in [0, 0.05) is 13.1 Å². The molecule has 3 N–H and O–H groups in total. The molecule has 1 amide bonds. The van der Waals surface area contributed by atoms with E-state index in [-0.39, 0.29) is 18.1 Å². The minimum absolute atomic E-state index is 0.0171. The zero-order valence-electron chi connectivity index (χ0n) is 10.5. The summed E-state index contributed by atoms with van der Waals surface area (Å²) in [5.41, 5.74) is 5.50. The molecule has 1 aliphatic heterocycles. The summed E-state index contributed by atoms with van der Waals surface area (Å²) in [4.78, 5) is 11.8. The highest BCUT2D eigenvalue weighted by atomic mass is 16.5. The van der Waals surface area contributed by atoms with Gasteiger partial charge in [-0.25, -0.2) is 0 Å². The third-order valence-electron chi connectivity index (χ3n) is 3.40. The van der Waals surface area contributed by atoms with Gasteiger partial charge in [-0.05, 0) is 24.7 Å². The number of nitrogens with one attached hydrogen (secondary N) is 1. The van der Waals surface area contributed by atoms with E-state index in [2.05, 4.69) is 26.1 Å². The molecule has 1 unspecified atom stereocenters. The molecule has 0 aromatic carbocycles. The summed E-state index contributed by atoms with van der Waals surface area (Å²) in [6.07, 6.45) is 1.48. The van der Waals surface area contributed by atoms with Crippen LogP contribution in [0, 0.1) is 11.8 Å². The number of nitrogens with two attached hydrogens (primary N) is 1. The van der Waals surface area contributed by atoms with Gasteiger partial charge >= 0.3 is 0 Å². The predicted octanol–water partition coefficient (Wildman–Crippen LogP) is 0.901. The normalized spacial score (nSPS) is 27.1. The quantitative estimate of drug-likeness (QED) is 0.735. The van der Waals surface area contributed by atoms with Crippen LogP contribution in [0.15, 0.2) is 0 Å². The monoisotopic (exact) mass is 228 g/mol. The molecule has 0 aromatic heterocycles. The summed E-state index contributed by atoms with van der Waals surface area (Å²) in [6, 6.07) is 0. The first-order valence-corrected chi connectivity index (χ1v) is 6.17. The van der Waals surface area contributed by atoms with Gasteiger partial charge < -0.3 is 15.8 Å². The van der Waals surface area contributed by atoms with Crippen molar-refractivity contribution in [3.63, 3.8) is 0 Å². The molecule has 16 heavy (non-hydrogen) atoms. The van der Waals surface area contributed by atoms with Gasteiger partial charge in [0.05, 0.1) is 6.10 Å². The first kappa shape index (κ1) is 13.5. The third kappa shape index (κ3) is 3.76. The fourth-order valence-electron chi connectivity index (χ4n) is 1.68. The summed E-state index contributed by atoms with van der Waals surface area (Å²) in [5.74, 6) is 1.10. The van der Waals surface area contributed by atoms with Crippen LogP contribution in [0.3, 0.4) is 0 Å². The van der Waals surface area contributed by atoms with Gasteiger partial charge in [-0.3, -0.25) is 4.79 Å². The molecule has 4 nitrogen and oxygen atoms in total. The van der Waals surface area contributed by atoms with Crippen molar-refractivity contribution >= 4 is 5.91 Å². The molecule has 4 heteroatoms. The van der Waals surface area contributed by atoms with E-state index in [0.29, 0.717) is 18.4 Å². The van der Waals surface area contributed by atoms with Crippen molar-refractivity contribution in [2.45, 2.75) is 45.8 Å². The number of hydrogen-bond acceptors (Lipinski definition) is 3. The van der Waals surface area contributed by atoms with Crippen LogP contribution in [0.2, 0.25) is 0 Å². The van der Waals surface area contributed by atoms with Gasteiger partial charge in [0.25, 0.3) is 0 Å². The minimum atomic E-state index is -0.284. The molecule has 0 radical (unpaired) electrons. The van der Waals surface area contributed by atoms with Crippen LogP contribution in [0.4, 0.5) is 0 Å². The first-order chi connectivity index (χ1) is 7.54. The Hall–Kier alpha value is -0.610. The van der Waals surface area contributed by atoms with E-state index in [9.17, 15) is 4.79 Å². The molecule has 0 aromatic rings. The molecule has 0 saturated carbocycles. The standard InChI is InChI=1S/C12H24N2O2/c1-8(2)9(3)7-14-12(15)11-5-4-10(6-13)16-11/h8-11H,4-7,13H2,1-3H3,(H,14,15)/t9?,10-,11+/m1/s1. The van der Waals surface area contributed by atoms with E-state index < -0.39 is 0 Å². The second-order valence-electron chi connectivity index (χ2n) is 5.03. The predicted molar refractivity (Wildman–Crippen MR) is 64.0 cm³/mol. The van der Waals surface area contributed by atoms with Crippen LogP contribution in [-0.4, -0.2) is 31.2 Å². The Balaban J connectivity index is 2.26. The van der Waals surface area contributed by atoms with Crippen molar-refractivity contribution in [3.8, 4) is 0 Å². The molecule has 0 spiro atoms. The Morgan fingerprint density at radius 1 is 1.44 bits per heavy atom. The second-order valence-corrected chi connectivity index (χ2v) is 5.03. The lowest BCUT2D eigenvalue weighted by atomic mass is 9.98. The summed E-state index contributed by atoms with van der Waals surface area (Å²) in [5, 5.41) is 2.95. The second kappa shape index (κ2) is 6.21. The van der Waals surface area contributed by atoms with E-state index in [4.69, 9.17) is 10.5 Å². The van der Waals surface area contributed by atoms with Gasteiger partial charge in [0.2, 0.25) is 5.91 Å². The van der Waals surface area contributed by atoms with Gasteiger partial charge in [0.15, 0.2) is 0 Å². The molecule has 0 bridgehead atoms. The maximum absolute atomic E-state index is 11.8. The molecular weight excluding hydrogens is 204 g/mol. The molecule has 1 saturated heterocycles. The lowest BCUT2D eigenvalue weighted by Crippen LogP contribution is -2.38. The summed E-state index contributed by atoms with van der Waals surface area (Å²) in [6.45, 7) is 7.69. The Bertz CT molecular complexity index is 231. The summed E-state index contributed by atoms with van der Waals surface area (Å²) >= 11 is 0. The Morgan fingerprint density at radius 2 is 2.12 bits per heavy atom. The van der Waals surface area contributed by atoms with E-state index >= 15 is 0 Å². The third-order valence-corrected chi connectivity index (χ3v) is 3.40. The Labute approximate surface area is 97.9 Å². The molecule has 0 aliphatic carbocycles. The number of carbonyl (C=O) groups excluding carboxylic acids is 1. The van der Waals surface area contributed by atoms with Crippen molar-refractivity contribution in [2.75, 3.05) is 13.1 Å². The molecule has 1 heterocycles. The van der Waals surface area contributed by atoms with Crippen LogP contribution in [0.1, 0.15) is 33.6 Å². The van der Waals surface area contributed by atoms with Gasteiger partial charge in [0.1, 0.15) is 6.10 Å². The van der Waals surface area contributed by atoms with Gasteiger partial charge in [-0.15, -0.1) is 0 Å².